The minimum Gasteiger partial charge on any atom is -0.360 e. The van der Waals surface area contributed by atoms with E-state index < -0.39 is 20.8 Å². The number of hydrogen-bond donors (Lipinski definition) is 2. The van der Waals surface area contributed by atoms with Gasteiger partial charge in [0.2, 0.25) is 0 Å². The number of rotatable bonds is 4. The van der Waals surface area contributed by atoms with Gasteiger partial charge >= 0.3 is 20.8 Å². The van der Waals surface area contributed by atoms with Crippen LogP contribution in [-0.4, -0.2) is 85.1 Å². The third kappa shape index (κ3) is 4.42. The monoisotopic (exact) mass is 670 g/mol. The molecule has 0 aromatic heterocycles. The Kier molecular flexibility index (Phi) is 7.62. The molecule has 14 heteroatoms. The fourth-order valence-corrected chi connectivity index (χ4v) is 6.70. The van der Waals surface area contributed by atoms with Crippen LogP contribution in [0.5, 0.6) is 11.5 Å². The van der Waals surface area contributed by atoms with Gasteiger partial charge in [-0.3, -0.25) is 9.11 Å². The minimum atomic E-state index is -4.88. The summed E-state index contributed by atoms with van der Waals surface area (Å²) in [4.78, 5) is 0. The van der Waals surface area contributed by atoms with Crippen molar-refractivity contribution in [2.24, 2.45) is 0 Å². The largest absolute Gasteiger partial charge is 0.446 e. The second-order valence-corrected chi connectivity index (χ2v) is 11.5. The maximum absolute atomic E-state index is 11.8. The van der Waals surface area contributed by atoms with E-state index >= 15 is 0 Å². The van der Waals surface area contributed by atoms with Gasteiger partial charge in [-0.1, -0.05) is 68.3 Å². The molecule has 0 unspecified atom stereocenters. The van der Waals surface area contributed by atoms with Crippen molar-refractivity contribution in [2.45, 2.75) is 0 Å². The smallest absolute Gasteiger partial charge is 0.360 e. The van der Waals surface area contributed by atoms with Crippen LogP contribution in [0.4, 0.5) is 0 Å². The molecule has 0 saturated heterocycles. The summed E-state index contributed by atoms with van der Waals surface area (Å²) >= 11 is 7.00. The molecule has 6 aromatic rings. The quantitative estimate of drug-likeness (QED) is 0.110. The molecule has 6 aromatic carbocycles. The standard InChI is InChI=1S/C22H10Br2O8S2.2Na/c23-15-7-14-19-17-9(15)3-1-5-11(17)21(31-33(25,26)27)13-8-16(24)10-4-2-6-12(18(10)20(13)19)22(14)32-34(28,29)30;;/h1-8H,(H,25,26,27)(H,28,29,30);;. The molecule has 0 saturated carbocycles. The summed E-state index contributed by atoms with van der Waals surface area (Å²) in [6, 6.07) is 13.7. The molecule has 0 spiro atoms. The van der Waals surface area contributed by atoms with Crippen molar-refractivity contribution in [3.63, 3.8) is 0 Å². The summed E-state index contributed by atoms with van der Waals surface area (Å²) < 4.78 is 77.7. The Morgan fingerprint density at radius 1 is 0.556 bits per heavy atom. The number of halogens is 2. The van der Waals surface area contributed by atoms with Crippen LogP contribution >= 0.6 is 31.9 Å². The van der Waals surface area contributed by atoms with E-state index in [1.165, 1.54) is 0 Å². The van der Waals surface area contributed by atoms with Crippen LogP contribution < -0.4 is 8.37 Å². The zero-order valence-electron chi connectivity index (χ0n) is 18.5. The van der Waals surface area contributed by atoms with Crippen molar-refractivity contribution >= 4 is 166 Å². The van der Waals surface area contributed by atoms with Crippen molar-refractivity contribution < 1.29 is 34.3 Å². The fraction of sp³-hybridized carbons (Fsp3) is 0. The van der Waals surface area contributed by atoms with Crippen LogP contribution in [0, 0.1) is 0 Å². The molecular weight excluding hydrogens is 662 g/mol. The van der Waals surface area contributed by atoms with Crippen molar-refractivity contribution in [3.8, 4) is 11.5 Å². The molecule has 0 amide bonds. The molecule has 6 rings (SSSR count). The topological polar surface area (TPSA) is 127 Å². The molecule has 0 aliphatic carbocycles. The van der Waals surface area contributed by atoms with Crippen molar-refractivity contribution in [3.05, 3.63) is 57.5 Å². The van der Waals surface area contributed by atoms with Gasteiger partial charge in [0, 0.05) is 111 Å². The second kappa shape index (κ2) is 9.61. The number of hydrogen-bond acceptors (Lipinski definition) is 6. The van der Waals surface area contributed by atoms with Gasteiger partial charge in [0.25, 0.3) is 0 Å². The third-order valence-corrected chi connectivity index (χ3v) is 7.90. The Bertz CT molecular complexity index is 1900. The maximum atomic E-state index is 11.8. The third-order valence-electron chi connectivity index (χ3n) is 5.83. The average molecular weight is 672 g/mol. The Balaban J connectivity index is 0.00000152. The van der Waals surface area contributed by atoms with Crippen molar-refractivity contribution in [1.29, 1.82) is 0 Å². The van der Waals surface area contributed by atoms with Crippen molar-refractivity contribution in [2.75, 3.05) is 0 Å². The van der Waals surface area contributed by atoms with E-state index in [0.29, 0.717) is 62.8 Å². The summed E-state index contributed by atoms with van der Waals surface area (Å²) in [6.45, 7) is 0. The minimum absolute atomic E-state index is 0. The molecule has 0 aliphatic heterocycles. The molecule has 0 bridgehead atoms. The Morgan fingerprint density at radius 2 is 0.889 bits per heavy atom. The zero-order valence-corrected chi connectivity index (χ0v) is 27.3. The van der Waals surface area contributed by atoms with Crippen LogP contribution in [0.15, 0.2) is 57.5 Å². The zero-order chi connectivity index (χ0) is 24.2. The van der Waals surface area contributed by atoms with Gasteiger partial charge in [0.05, 0.1) is 0 Å². The van der Waals surface area contributed by atoms with E-state index in [-0.39, 0.29) is 70.6 Å². The van der Waals surface area contributed by atoms with Crippen LogP contribution in [0.1, 0.15) is 0 Å². The Hall–Kier alpha value is -0.480. The first kappa shape index (κ1) is 28.5. The number of benzene rings is 6. The van der Waals surface area contributed by atoms with Gasteiger partial charge in [0.15, 0.2) is 11.5 Å². The van der Waals surface area contributed by atoms with Gasteiger partial charge in [-0.05, 0) is 22.9 Å². The molecule has 8 nitrogen and oxygen atoms in total. The normalized spacial score (nSPS) is 12.4. The Morgan fingerprint density at radius 3 is 1.22 bits per heavy atom. The molecule has 0 fully saturated rings. The summed E-state index contributed by atoms with van der Waals surface area (Å²) in [6.07, 6.45) is 0. The van der Waals surface area contributed by atoms with E-state index in [4.69, 9.17) is 8.37 Å². The summed E-state index contributed by atoms with van der Waals surface area (Å²) in [5.41, 5.74) is 0. The van der Waals surface area contributed by atoms with Crippen molar-refractivity contribution in [1.82, 2.24) is 0 Å². The second-order valence-electron chi connectivity index (χ2n) is 7.70. The van der Waals surface area contributed by atoms with Crippen LogP contribution in [0.3, 0.4) is 0 Å². The molecule has 36 heavy (non-hydrogen) atoms. The van der Waals surface area contributed by atoms with E-state index in [1.807, 2.05) is 0 Å². The molecule has 174 valence electrons. The van der Waals surface area contributed by atoms with E-state index in [0.717, 1.165) is 0 Å². The first-order chi connectivity index (χ1) is 15.9. The van der Waals surface area contributed by atoms with Crippen LogP contribution in [0.2, 0.25) is 0 Å². The van der Waals surface area contributed by atoms with Gasteiger partial charge in [-0.2, -0.15) is 16.8 Å². The molecule has 2 radical (unpaired) electrons. The molecule has 2 N–H and O–H groups in total. The van der Waals surface area contributed by atoms with E-state index in [9.17, 15) is 25.9 Å². The first-order valence-corrected chi connectivity index (χ1v) is 13.9. The summed E-state index contributed by atoms with van der Waals surface area (Å²) in [5.74, 6) is -0.146. The maximum Gasteiger partial charge on any atom is 0.446 e. The first-order valence-electron chi connectivity index (χ1n) is 9.54. The van der Waals surface area contributed by atoms with E-state index in [2.05, 4.69) is 31.9 Å². The molecular formula is C22H10Br2Na2O8S2. The van der Waals surface area contributed by atoms with Gasteiger partial charge < -0.3 is 8.37 Å². The van der Waals surface area contributed by atoms with Gasteiger partial charge in [0.1, 0.15) is 0 Å². The Labute approximate surface area is 265 Å². The predicted octanol–water partition coefficient (Wildman–Crippen LogP) is 5.45. The summed E-state index contributed by atoms with van der Waals surface area (Å²) in [5, 5.41) is 5.18. The molecule has 0 atom stereocenters. The van der Waals surface area contributed by atoms with Crippen LogP contribution in [0.25, 0.3) is 53.9 Å². The van der Waals surface area contributed by atoms with E-state index in [1.54, 1.807) is 48.5 Å². The average Bonchev–Trinajstić information content (AvgIpc) is 2.74. The van der Waals surface area contributed by atoms with Gasteiger partial charge in [-0.15, -0.1) is 0 Å². The molecule has 0 heterocycles. The SMILES string of the molecule is O=S(=O)(O)Oc1c2cccc3c(Br)cc4c(OS(=O)(=O)O)c5cccc6c(Br)cc1c(c65)c4c32.[Na].[Na]. The van der Waals surface area contributed by atoms with Gasteiger partial charge in [-0.25, -0.2) is 0 Å². The predicted molar refractivity (Wildman–Crippen MR) is 148 cm³/mol. The van der Waals surface area contributed by atoms with Crippen LogP contribution in [-0.2, 0) is 20.8 Å². The molecule has 0 aliphatic rings. The summed E-state index contributed by atoms with van der Waals surface area (Å²) in [7, 11) is -9.76. The fourth-order valence-electron chi connectivity index (χ4n) is 4.80.